The monoisotopic (exact) mass is 451 g/mol. The van der Waals surface area contributed by atoms with Crippen molar-refractivity contribution in [2.75, 3.05) is 7.05 Å². The van der Waals surface area contributed by atoms with Crippen LogP contribution in [0.25, 0.3) is 0 Å². The van der Waals surface area contributed by atoms with Crippen molar-refractivity contribution in [3.05, 3.63) is 59.4 Å². The average molecular weight is 452 g/mol. The summed E-state index contributed by atoms with van der Waals surface area (Å²) in [5, 5.41) is 3.67. The molecule has 5 nitrogen and oxygen atoms in total. The molecule has 2 aromatic rings. The van der Waals surface area contributed by atoms with Gasteiger partial charge in [0.1, 0.15) is 0 Å². The van der Waals surface area contributed by atoms with E-state index in [1.54, 1.807) is 18.3 Å². The van der Waals surface area contributed by atoms with Crippen LogP contribution in [0.3, 0.4) is 0 Å². The molecule has 1 heterocycles. The fourth-order valence-electron chi connectivity index (χ4n) is 4.51. The third-order valence-electron chi connectivity index (χ3n) is 5.85. The van der Waals surface area contributed by atoms with Crippen LogP contribution in [-0.4, -0.2) is 31.5 Å². The number of sulfonamides is 1. The summed E-state index contributed by atoms with van der Waals surface area (Å²) < 4.78 is 28.8. The molecule has 29 heavy (non-hydrogen) atoms. The molecule has 1 aliphatic carbocycles. The highest BCUT2D eigenvalue weighted by molar-refractivity contribution is 7.89. The predicted octanol–water partition coefficient (Wildman–Crippen LogP) is 4.08. The van der Waals surface area contributed by atoms with Crippen molar-refractivity contribution in [1.29, 1.82) is 0 Å². The zero-order chi connectivity index (χ0) is 21.1. The number of nitrogens with zero attached hydrogens (tertiary/aromatic N) is 1. The van der Waals surface area contributed by atoms with Crippen molar-refractivity contribution in [2.24, 2.45) is 5.92 Å². The summed E-state index contributed by atoms with van der Waals surface area (Å²) in [5.74, 6) is 0.00229. The highest BCUT2D eigenvalue weighted by Gasteiger charge is 2.48. The number of hydrogen-bond acceptors (Lipinski definition) is 4. The lowest BCUT2D eigenvalue weighted by atomic mass is 9.60. The van der Waals surface area contributed by atoms with Gasteiger partial charge in [-0.2, -0.15) is 0 Å². The second-order valence-corrected chi connectivity index (χ2v) is 10.1. The maximum atomic E-state index is 13.0. The van der Waals surface area contributed by atoms with Crippen LogP contribution in [0.5, 0.6) is 0 Å². The summed E-state index contributed by atoms with van der Waals surface area (Å²) in [4.78, 5) is 5.24. The largest absolute Gasteiger partial charge is 0.382 e. The topological polar surface area (TPSA) is 71.1 Å². The summed E-state index contributed by atoms with van der Waals surface area (Å²) in [6.07, 6.45) is 7.39. The summed E-state index contributed by atoms with van der Waals surface area (Å²) in [6, 6.07) is 9.83. The Balaban J connectivity index is 1.97. The minimum absolute atomic E-state index is 0.00229. The minimum atomic E-state index is -3.68. The van der Waals surface area contributed by atoms with Crippen molar-refractivity contribution >= 4 is 38.8 Å². The molecule has 0 radical (unpaired) electrons. The number of likely N-dealkylation sites (N-methyl/N-ethyl adjacent to an activating group) is 1. The number of aromatic nitrogens is 1. The third kappa shape index (κ3) is 4.48. The van der Waals surface area contributed by atoms with E-state index in [2.05, 4.69) is 15.0 Å². The van der Waals surface area contributed by atoms with Crippen molar-refractivity contribution in [1.82, 2.24) is 15.0 Å². The molecule has 1 fully saturated rings. The maximum absolute atomic E-state index is 13.0. The van der Waals surface area contributed by atoms with Crippen molar-refractivity contribution in [3.8, 4) is 0 Å². The van der Waals surface area contributed by atoms with Crippen LogP contribution >= 0.6 is 23.8 Å². The Bertz CT molecular complexity index is 952. The lowest BCUT2D eigenvalue weighted by molar-refractivity contribution is 0.213. The molecule has 1 aliphatic rings. The molecular formula is C21H26ClN3O2S2. The summed E-state index contributed by atoms with van der Waals surface area (Å²) in [5.41, 5.74) is 0.569. The zero-order valence-electron chi connectivity index (χ0n) is 16.6. The molecule has 1 aromatic heterocycles. The van der Waals surface area contributed by atoms with E-state index in [4.69, 9.17) is 23.8 Å². The van der Waals surface area contributed by atoms with Gasteiger partial charge in [-0.05, 0) is 61.6 Å². The highest BCUT2D eigenvalue weighted by atomic mass is 35.5. The number of halogens is 1. The first-order valence-electron chi connectivity index (χ1n) is 9.72. The van der Waals surface area contributed by atoms with E-state index < -0.39 is 15.4 Å². The van der Waals surface area contributed by atoms with Gasteiger partial charge in [0.05, 0.1) is 15.3 Å². The molecule has 8 heteroatoms. The quantitative estimate of drug-likeness (QED) is 0.647. The van der Waals surface area contributed by atoms with Crippen LogP contribution in [0.4, 0.5) is 0 Å². The zero-order valence-corrected chi connectivity index (χ0v) is 18.9. The molecule has 0 amide bonds. The number of rotatable bonds is 6. The Morgan fingerprint density at radius 2 is 2.00 bits per heavy atom. The SMILES string of the molecule is CNC(=S)[C@@]1(c2cccnc2)CCCC[C@@H]1C(C)NS(=O)(=O)c1ccc(Cl)cc1. The first-order valence-corrected chi connectivity index (χ1v) is 12.0. The molecular weight excluding hydrogens is 426 g/mol. The van der Waals surface area contributed by atoms with Gasteiger partial charge in [-0.1, -0.05) is 42.7 Å². The van der Waals surface area contributed by atoms with Crippen LogP contribution < -0.4 is 10.0 Å². The average Bonchev–Trinajstić information content (AvgIpc) is 2.73. The Morgan fingerprint density at radius 1 is 1.28 bits per heavy atom. The molecule has 3 rings (SSSR count). The highest BCUT2D eigenvalue weighted by Crippen LogP contribution is 2.46. The molecule has 1 saturated carbocycles. The van der Waals surface area contributed by atoms with Crippen LogP contribution in [0.15, 0.2) is 53.7 Å². The Labute approximate surface area is 183 Å². The molecule has 1 unspecified atom stereocenters. The third-order valence-corrected chi connectivity index (χ3v) is 8.24. The lowest BCUT2D eigenvalue weighted by Gasteiger charge is -2.47. The van der Waals surface area contributed by atoms with E-state index in [9.17, 15) is 8.42 Å². The van der Waals surface area contributed by atoms with Crippen LogP contribution in [-0.2, 0) is 15.4 Å². The van der Waals surface area contributed by atoms with Crippen molar-refractivity contribution in [3.63, 3.8) is 0 Å². The minimum Gasteiger partial charge on any atom is -0.382 e. The fraction of sp³-hybridized carbons (Fsp3) is 0.429. The van der Waals surface area contributed by atoms with Gasteiger partial charge in [0.15, 0.2) is 0 Å². The van der Waals surface area contributed by atoms with Gasteiger partial charge in [0.25, 0.3) is 0 Å². The fourth-order valence-corrected chi connectivity index (χ4v) is 6.29. The molecule has 156 valence electrons. The maximum Gasteiger partial charge on any atom is 0.240 e. The van der Waals surface area contributed by atoms with Crippen molar-refractivity contribution in [2.45, 2.75) is 49.0 Å². The molecule has 0 spiro atoms. The summed E-state index contributed by atoms with van der Waals surface area (Å²) >= 11 is 11.7. The summed E-state index contributed by atoms with van der Waals surface area (Å²) in [6.45, 7) is 1.92. The molecule has 2 N–H and O–H groups in total. The number of hydrogen-bond donors (Lipinski definition) is 2. The van der Waals surface area contributed by atoms with Gasteiger partial charge in [0, 0.05) is 30.5 Å². The van der Waals surface area contributed by atoms with E-state index in [-0.39, 0.29) is 16.9 Å². The number of nitrogens with one attached hydrogen (secondary N) is 2. The molecule has 1 aromatic carbocycles. The normalized spacial score (nSPS) is 23.3. The number of thiocarbonyl (C=S) groups is 1. The van der Waals surface area contributed by atoms with Gasteiger partial charge >= 0.3 is 0 Å². The summed E-state index contributed by atoms with van der Waals surface area (Å²) in [7, 11) is -1.85. The van der Waals surface area contributed by atoms with Gasteiger partial charge in [-0.3, -0.25) is 4.98 Å². The van der Waals surface area contributed by atoms with Crippen LogP contribution in [0.1, 0.15) is 38.2 Å². The van der Waals surface area contributed by atoms with E-state index in [0.29, 0.717) is 5.02 Å². The second kappa shape index (κ2) is 9.08. The molecule has 0 saturated heterocycles. The Kier molecular flexibility index (Phi) is 6.94. The standard InChI is InChI=1S/C21H26ClN3O2S2/c1-15(25-29(26,27)18-10-8-17(22)9-11-18)19-7-3-4-12-21(19,20(28)23-2)16-6-5-13-24-14-16/h5-6,8-11,13-15,19,25H,3-4,7,12H2,1-2H3,(H,23,28)/t15?,19-,21-/m1/s1. The molecule has 0 aliphatic heterocycles. The van der Waals surface area contributed by atoms with Gasteiger partial charge < -0.3 is 5.32 Å². The predicted molar refractivity (Wildman–Crippen MR) is 121 cm³/mol. The van der Waals surface area contributed by atoms with E-state index >= 15 is 0 Å². The molecule has 0 bridgehead atoms. The Hall–Kier alpha value is -1.54. The van der Waals surface area contributed by atoms with Crippen molar-refractivity contribution < 1.29 is 8.42 Å². The van der Waals surface area contributed by atoms with E-state index in [0.717, 1.165) is 36.2 Å². The van der Waals surface area contributed by atoms with Crippen LogP contribution in [0, 0.1) is 5.92 Å². The number of benzene rings is 1. The lowest BCUT2D eigenvalue weighted by Crippen LogP contribution is -2.55. The van der Waals surface area contributed by atoms with Gasteiger partial charge in [-0.15, -0.1) is 0 Å². The Morgan fingerprint density at radius 3 is 2.62 bits per heavy atom. The van der Waals surface area contributed by atoms with E-state index in [1.165, 1.54) is 12.1 Å². The first kappa shape index (κ1) is 22.2. The second-order valence-electron chi connectivity index (χ2n) is 7.51. The smallest absolute Gasteiger partial charge is 0.240 e. The van der Waals surface area contributed by atoms with Crippen LogP contribution in [0.2, 0.25) is 5.02 Å². The number of pyridine rings is 1. The van der Waals surface area contributed by atoms with Gasteiger partial charge in [0.2, 0.25) is 10.0 Å². The van der Waals surface area contributed by atoms with E-state index in [1.807, 2.05) is 32.3 Å². The first-order chi connectivity index (χ1) is 13.8. The molecule has 3 atom stereocenters. The van der Waals surface area contributed by atoms with Gasteiger partial charge in [-0.25, -0.2) is 13.1 Å².